The van der Waals surface area contributed by atoms with Gasteiger partial charge in [0.05, 0.1) is 12.3 Å². The van der Waals surface area contributed by atoms with E-state index in [2.05, 4.69) is 4.98 Å². The highest BCUT2D eigenvalue weighted by atomic mass is 35.5. The Morgan fingerprint density at radius 1 is 1.47 bits per heavy atom. The number of hydrogen-bond donors (Lipinski definition) is 3. The lowest BCUT2D eigenvalue weighted by Gasteiger charge is -2.29. The molecule has 19 heavy (non-hydrogen) atoms. The average Bonchev–Trinajstić information content (AvgIpc) is 2.42. The number of nitrogens with zero attached hydrogens (tertiary/aromatic N) is 1. The minimum absolute atomic E-state index is 0. The van der Waals surface area contributed by atoms with Gasteiger partial charge in [0.1, 0.15) is 5.75 Å². The second kappa shape index (κ2) is 7.05. The largest absolute Gasteiger partial charge is 0.506 e. The molecule has 0 aromatic carbocycles. The summed E-state index contributed by atoms with van der Waals surface area (Å²) in [5.74, 6) is 0.386. The molecule has 1 saturated heterocycles. The second-order valence-corrected chi connectivity index (χ2v) is 4.76. The summed E-state index contributed by atoms with van der Waals surface area (Å²) in [5, 5.41) is 19.5. The van der Waals surface area contributed by atoms with Crippen LogP contribution in [0.4, 0.5) is 0 Å². The summed E-state index contributed by atoms with van der Waals surface area (Å²) in [5.41, 5.74) is 8.05. The van der Waals surface area contributed by atoms with Crippen molar-refractivity contribution >= 4 is 12.4 Å². The molecule has 0 amide bonds. The van der Waals surface area contributed by atoms with Crippen molar-refractivity contribution in [3.63, 3.8) is 0 Å². The highest BCUT2D eigenvalue weighted by Gasteiger charge is 2.27. The fourth-order valence-electron chi connectivity index (χ4n) is 2.46. The minimum atomic E-state index is -0.280. The zero-order valence-corrected chi connectivity index (χ0v) is 11.8. The highest BCUT2D eigenvalue weighted by molar-refractivity contribution is 5.85. The van der Waals surface area contributed by atoms with Crippen LogP contribution in [-0.2, 0) is 11.3 Å². The van der Waals surface area contributed by atoms with E-state index < -0.39 is 0 Å². The SMILES string of the molecule is Cc1ncc(CO)c([C@H](N)C2CCOCC2)c1O.Cl. The molecule has 0 saturated carbocycles. The van der Waals surface area contributed by atoms with E-state index in [1.807, 2.05) is 0 Å². The molecule has 6 heteroatoms. The number of pyridine rings is 1. The molecule has 1 aromatic heterocycles. The van der Waals surface area contributed by atoms with Crippen molar-refractivity contribution in [2.75, 3.05) is 13.2 Å². The van der Waals surface area contributed by atoms with E-state index in [1.165, 1.54) is 0 Å². The van der Waals surface area contributed by atoms with E-state index in [4.69, 9.17) is 10.5 Å². The summed E-state index contributed by atoms with van der Waals surface area (Å²) >= 11 is 0. The molecule has 1 aliphatic rings. The van der Waals surface area contributed by atoms with Gasteiger partial charge in [0.15, 0.2) is 0 Å². The smallest absolute Gasteiger partial charge is 0.141 e. The number of halogens is 1. The first-order chi connectivity index (χ1) is 8.65. The van der Waals surface area contributed by atoms with Crippen LogP contribution >= 0.6 is 12.4 Å². The van der Waals surface area contributed by atoms with Gasteiger partial charge in [0, 0.05) is 36.6 Å². The summed E-state index contributed by atoms with van der Waals surface area (Å²) in [6, 6.07) is -0.280. The molecule has 1 atom stereocenters. The topological polar surface area (TPSA) is 88.6 Å². The van der Waals surface area contributed by atoms with Crippen LogP contribution in [0.25, 0.3) is 0 Å². The summed E-state index contributed by atoms with van der Waals surface area (Å²) in [4.78, 5) is 4.05. The van der Waals surface area contributed by atoms with Crippen molar-refractivity contribution < 1.29 is 14.9 Å². The van der Waals surface area contributed by atoms with Crippen molar-refractivity contribution in [1.29, 1.82) is 0 Å². The Hall–Kier alpha value is -0.880. The maximum atomic E-state index is 10.1. The Morgan fingerprint density at radius 3 is 2.68 bits per heavy atom. The van der Waals surface area contributed by atoms with Crippen LogP contribution in [0.1, 0.15) is 35.7 Å². The predicted octanol–water partition coefficient (Wildman–Crippen LogP) is 1.44. The molecule has 5 nitrogen and oxygen atoms in total. The lowest BCUT2D eigenvalue weighted by molar-refractivity contribution is 0.0578. The number of aliphatic hydroxyl groups is 1. The Labute approximate surface area is 119 Å². The standard InChI is InChI=1S/C13H20N2O3.ClH/c1-8-13(17)11(10(7-16)6-15-8)12(14)9-2-4-18-5-3-9;/h6,9,12,16-17H,2-5,7,14H2,1H3;1H/t12-;/m1./s1. The molecule has 0 bridgehead atoms. The van der Waals surface area contributed by atoms with Crippen molar-refractivity contribution in [2.24, 2.45) is 11.7 Å². The number of aromatic nitrogens is 1. The van der Waals surface area contributed by atoms with Crippen LogP contribution in [0.2, 0.25) is 0 Å². The minimum Gasteiger partial charge on any atom is -0.506 e. The first kappa shape index (κ1) is 16.2. The molecule has 2 rings (SSSR count). The number of aromatic hydroxyl groups is 1. The molecule has 108 valence electrons. The average molecular weight is 289 g/mol. The van der Waals surface area contributed by atoms with Gasteiger partial charge in [-0.3, -0.25) is 4.98 Å². The van der Waals surface area contributed by atoms with E-state index in [1.54, 1.807) is 13.1 Å². The van der Waals surface area contributed by atoms with E-state index in [0.29, 0.717) is 30.0 Å². The van der Waals surface area contributed by atoms with Crippen LogP contribution in [0.3, 0.4) is 0 Å². The third-order valence-electron chi connectivity index (χ3n) is 3.64. The maximum Gasteiger partial charge on any atom is 0.141 e. The van der Waals surface area contributed by atoms with Gasteiger partial charge in [-0.1, -0.05) is 0 Å². The molecule has 1 aromatic rings. The molecule has 0 aliphatic carbocycles. The molecule has 2 heterocycles. The third kappa shape index (κ3) is 3.36. The van der Waals surface area contributed by atoms with Crippen LogP contribution in [0.5, 0.6) is 5.75 Å². The predicted molar refractivity (Wildman–Crippen MR) is 74.3 cm³/mol. The summed E-state index contributed by atoms with van der Waals surface area (Å²) in [6.45, 7) is 2.99. The zero-order chi connectivity index (χ0) is 13.1. The molecule has 0 radical (unpaired) electrons. The van der Waals surface area contributed by atoms with Gasteiger partial charge in [-0.05, 0) is 25.7 Å². The van der Waals surface area contributed by atoms with E-state index in [-0.39, 0.29) is 36.7 Å². The molecular formula is C13H21ClN2O3. The van der Waals surface area contributed by atoms with Crippen LogP contribution in [0, 0.1) is 12.8 Å². The lowest BCUT2D eigenvalue weighted by atomic mass is 9.85. The Balaban J connectivity index is 0.00000180. The van der Waals surface area contributed by atoms with Gasteiger partial charge in [0.25, 0.3) is 0 Å². The number of aliphatic hydroxyl groups excluding tert-OH is 1. The van der Waals surface area contributed by atoms with Crippen molar-refractivity contribution in [1.82, 2.24) is 4.98 Å². The van der Waals surface area contributed by atoms with Gasteiger partial charge in [-0.15, -0.1) is 12.4 Å². The van der Waals surface area contributed by atoms with Gasteiger partial charge >= 0.3 is 0 Å². The Morgan fingerprint density at radius 2 is 2.11 bits per heavy atom. The van der Waals surface area contributed by atoms with Gasteiger partial charge in [-0.2, -0.15) is 0 Å². The van der Waals surface area contributed by atoms with E-state index in [9.17, 15) is 10.2 Å². The normalized spacial score (nSPS) is 17.8. The van der Waals surface area contributed by atoms with Gasteiger partial charge in [0.2, 0.25) is 0 Å². The highest BCUT2D eigenvalue weighted by Crippen LogP contribution is 2.36. The fourth-order valence-corrected chi connectivity index (χ4v) is 2.46. The maximum absolute atomic E-state index is 10.1. The quantitative estimate of drug-likeness (QED) is 0.783. The number of nitrogens with two attached hydrogens (primary N) is 1. The summed E-state index contributed by atoms with van der Waals surface area (Å²) in [6.07, 6.45) is 3.35. The number of rotatable bonds is 3. The van der Waals surface area contributed by atoms with Gasteiger partial charge in [-0.25, -0.2) is 0 Å². The number of hydrogen-bond acceptors (Lipinski definition) is 5. The summed E-state index contributed by atoms with van der Waals surface area (Å²) < 4.78 is 5.32. The van der Waals surface area contributed by atoms with Crippen LogP contribution < -0.4 is 5.73 Å². The monoisotopic (exact) mass is 288 g/mol. The van der Waals surface area contributed by atoms with E-state index in [0.717, 1.165) is 12.8 Å². The molecule has 1 fully saturated rings. The summed E-state index contributed by atoms with van der Waals surface area (Å²) in [7, 11) is 0. The molecule has 0 spiro atoms. The molecule has 4 N–H and O–H groups in total. The third-order valence-corrected chi connectivity index (χ3v) is 3.64. The van der Waals surface area contributed by atoms with Crippen molar-refractivity contribution in [3.8, 4) is 5.75 Å². The molecule has 0 unspecified atom stereocenters. The lowest BCUT2D eigenvalue weighted by Crippen LogP contribution is -2.28. The number of ether oxygens (including phenoxy) is 1. The Kier molecular flexibility index (Phi) is 6.00. The fraction of sp³-hybridized carbons (Fsp3) is 0.615. The van der Waals surface area contributed by atoms with Crippen LogP contribution in [0.15, 0.2) is 6.20 Å². The first-order valence-corrected chi connectivity index (χ1v) is 6.26. The van der Waals surface area contributed by atoms with Crippen molar-refractivity contribution in [2.45, 2.75) is 32.4 Å². The first-order valence-electron chi connectivity index (χ1n) is 6.26. The van der Waals surface area contributed by atoms with Gasteiger partial charge < -0.3 is 20.7 Å². The zero-order valence-electron chi connectivity index (χ0n) is 11.0. The second-order valence-electron chi connectivity index (χ2n) is 4.76. The Bertz CT molecular complexity index is 423. The molecule has 1 aliphatic heterocycles. The van der Waals surface area contributed by atoms with Crippen molar-refractivity contribution in [3.05, 3.63) is 23.0 Å². The number of aryl methyl sites for hydroxylation is 1. The van der Waals surface area contributed by atoms with E-state index >= 15 is 0 Å². The molecular weight excluding hydrogens is 268 g/mol. The van der Waals surface area contributed by atoms with Crippen LogP contribution in [-0.4, -0.2) is 28.4 Å².